The average Bonchev–Trinajstić information content (AvgIpc) is 3.56. The molecule has 2 amide bonds. The Morgan fingerprint density at radius 3 is 2.06 bits per heavy atom. The molecule has 0 bridgehead atoms. The van der Waals surface area contributed by atoms with E-state index in [1.807, 2.05) is 64.2 Å². The summed E-state index contributed by atoms with van der Waals surface area (Å²) >= 11 is 3.67. The molecule has 268 valence electrons. The Balaban J connectivity index is 1.21. The number of rotatable bonds is 7. The van der Waals surface area contributed by atoms with Gasteiger partial charge in [-0.3, -0.25) is 19.4 Å². The van der Waals surface area contributed by atoms with Crippen LogP contribution in [0.4, 0.5) is 11.4 Å². The molecule has 1 atom stereocenters. The molecule has 0 unspecified atom stereocenters. The zero-order valence-electron chi connectivity index (χ0n) is 29.4. The number of hydrogen-bond acceptors (Lipinski definition) is 6. The van der Waals surface area contributed by atoms with Crippen molar-refractivity contribution in [2.24, 2.45) is 0 Å². The first-order chi connectivity index (χ1) is 25.7. The quantitative estimate of drug-likeness (QED) is 0.174. The Morgan fingerprint density at radius 2 is 1.38 bits per heavy atom. The molecule has 1 saturated heterocycles. The summed E-state index contributed by atoms with van der Waals surface area (Å²) in [4.78, 5) is 38.2. The second-order valence-corrected chi connectivity index (χ2v) is 14.8. The number of halogens is 1. The van der Waals surface area contributed by atoms with Gasteiger partial charge in [-0.05, 0) is 97.4 Å². The van der Waals surface area contributed by atoms with Gasteiger partial charge in [0.25, 0.3) is 11.8 Å². The summed E-state index contributed by atoms with van der Waals surface area (Å²) in [6.45, 7) is 5.28. The van der Waals surface area contributed by atoms with Gasteiger partial charge in [0.05, 0.1) is 22.3 Å². The van der Waals surface area contributed by atoms with E-state index in [0.29, 0.717) is 34.7 Å². The van der Waals surface area contributed by atoms with Gasteiger partial charge in [-0.2, -0.15) is 0 Å². The molecule has 0 radical (unpaired) electrons. The van der Waals surface area contributed by atoms with Crippen molar-refractivity contribution in [1.29, 1.82) is 0 Å². The first-order valence-corrected chi connectivity index (χ1v) is 18.6. The summed E-state index contributed by atoms with van der Waals surface area (Å²) in [5.74, 6) is -0.197. The second-order valence-electron chi connectivity index (χ2n) is 13.9. The van der Waals surface area contributed by atoms with Gasteiger partial charge in [0.2, 0.25) is 0 Å². The van der Waals surface area contributed by atoms with Crippen LogP contribution in [0.5, 0.6) is 11.5 Å². The number of carbonyl (C=O) groups excluding carboxylic acids is 2. The molecule has 8 rings (SSSR count). The van der Waals surface area contributed by atoms with Crippen LogP contribution in [0, 0.1) is 0 Å². The molecule has 3 heterocycles. The van der Waals surface area contributed by atoms with E-state index in [1.54, 1.807) is 29.2 Å². The molecule has 1 fully saturated rings. The van der Waals surface area contributed by atoms with Crippen LogP contribution in [0.25, 0.3) is 16.6 Å². The lowest BCUT2D eigenvalue weighted by Gasteiger charge is -2.41. The van der Waals surface area contributed by atoms with E-state index < -0.39 is 0 Å². The summed E-state index contributed by atoms with van der Waals surface area (Å²) in [6, 6.07) is 34.7. The molecule has 2 aliphatic rings. The Hall–Kier alpha value is -5.42. The average molecular weight is 771 g/mol. The first kappa shape index (κ1) is 34.7. The van der Waals surface area contributed by atoms with Gasteiger partial charge in [0.1, 0.15) is 11.5 Å². The number of carbonyl (C=O) groups is 2. The lowest BCUT2D eigenvalue weighted by atomic mass is 9.92. The Bertz CT molecular complexity index is 2250. The van der Waals surface area contributed by atoms with Crippen LogP contribution < -0.4 is 4.90 Å². The number of piperazine rings is 1. The summed E-state index contributed by atoms with van der Waals surface area (Å²) in [7, 11) is 2.15. The molecule has 1 aromatic heterocycles. The molecule has 5 aromatic carbocycles. The van der Waals surface area contributed by atoms with Crippen LogP contribution in [0.1, 0.15) is 31.8 Å². The van der Waals surface area contributed by atoms with Crippen LogP contribution in [0.15, 0.2) is 126 Å². The van der Waals surface area contributed by atoms with E-state index >= 15 is 0 Å². The molecule has 10 heteroatoms. The van der Waals surface area contributed by atoms with Gasteiger partial charge in [0.15, 0.2) is 0 Å². The predicted molar refractivity (Wildman–Crippen MR) is 211 cm³/mol. The summed E-state index contributed by atoms with van der Waals surface area (Å²) in [5, 5.41) is 20.8. The van der Waals surface area contributed by atoms with E-state index in [1.165, 1.54) is 29.8 Å². The number of fused-ring (bicyclic) bond motifs is 2. The van der Waals surface area contributed by atoms with Crippen molar-refractivity contribution in [2.75, 3.05) is 44.7 Å². The third-order valence-corrected chi connectivity index (χ3v) is 11.0. The van der Waals surface area contributed by atoms with E-state index in [9.17, 15) is 19.8 Å². The lowest BCUT2D eigenvalue weighted by molar-refractivity contribution is 0.0535. The van der Waals surface area contributed by atoms with Crippen LogP contribution in [0.2, 0.25) is 0 Å². The van der Waals surface area contributed by atoms with Crippen LogP contribution in [-0.4, -0.2) is 87.1 Å². The molecule has 6 aromatic rings. The van der Waals surface area contributed by atoms with Crippen molar-refractivity contribution >= 4 is 50.0 Å². The highest BCUT2D eigenvalue weighted by atomic mass is 79.9. The SMILES string of the molecule is CN1CCN(C[C@@H]2Cc3ccccc3CN2C(=O)c2ccc(Br)cc2-n2cc(C(=O)N(c3ccc(O)cc3)c3ccc(O)cc3)c3ccccc32)CC1. The van der Waals surface area contributed by atoms with Gasteiger partial charge < -0.3 is 24.6 Å². The fourth-order valence-corrected chi connectivity index (χ4v) is 7.96. The molecule has 2 aliphatic heterocycles. The van der Waals surface area contributed by atoms with Gasteiger partial charge in [0, 0.05) is 72.7 Å². The smallest absolute Gasteiger partial charge is 0.265 e. The van der Waals surface area contributed by atoms with Crippen LogP contribution in [-0.2, 0) is 13.0 Å². The van der Waals surface area contributed by atoms with Crippen molar-refractivity contribution in [2.45, 2.75) is 19.0 Å². The zero-order chi connectivity index (χ0) is 36.6. The van der Waals surface area contributed by atoms with Crippen molar-refractivity contribution < 1.29 is 19.8 Å². The number of hydrogen-bond donors (Lipinski definition) is 2. The standard InChI is InChI=1S/C43H40BrN5O4/c1-45-20-22-46(23-21-45)27-34-24-29-6-2-3-7-30(29)26-47(34)42(52)38-19-10-31(44)25-41(38)48-28-39(37-8-4-5-9-40(37)48)43(53)49(32-11-15-35(50)16-12-32)33-13-17-36(51)18-14-33/h2-19,25,28,34,50-51H,20-24,26-27H2,1H3/t34-/m0/s1. The monoisotopic (exact) mass is 769 g/mol. The van der Waals surface area contributed by atoms with E-state index in [-0.39, 0.29) is 29.4 Å². The van der Waals surface area contributed by atoms with Gasteiger partial charge in [-0.25, -0.2) is 0 Å². The Morgan fingerprint density at radius 1 is 0.755 bits per heavy atom. The number of phenolic OH excluding ortho intramolecular Hbond substituents is 2. The predicted octanol–water partition coefficient (Wildman–Crippen LogP) is 7.60. The number of likely N-dealkylation sites (N-methyl/N-ethyl adjacent to an activating group) is 1. The number of anilines is 2. The number of amides is 2. The molecule has 53 heavy (non-hydrogen) atoms. The first-order valence-electron chi connectivity index (χ1n) is 17.8. The molecule has 0 aliphatic carbocycles. The van der Waals surface area contributed by atoms with Gasteiger partial charge in [-0.15, -0.1) is 0 Å². The van der Waals surface area contributed by atoms with Crippen molar-refractivity contribution in [1.82, 2.24) is 19.3 Å². The van der Waals surface area contributed by atoms with Crippen LogP contribution >= 0.6 is 15.9 Å². The summed E-state index contributed by atoms with van der Waals surface area (Å²) in [6.07, 6.45) is 2.60. The van der Waals surface area contributed by atoms with Crippen LogP contribution in [0.3, 0.4) is 0 Å². The molecular formula is C43H40BrN5O4. The molecule has 0 saturated carbocycles. The molecule has 2 N–H and O–H groups in total. The highest BCUT2D eigenvalue weighted by molar-refractivity contribution is 9.10. The largest absolute Gasteiger partial charge is 0.508 e. The number of para-hydroxylation sites is 1. The minimum Gasteiger partial charge on any atom is -0.508 e. The minimum absolute atomic E-state index is 0.0000228. The van der Waals surface area contributed by atoms with Gasteiger partial charge in [-0.1, -0.05) is 58.4 Å². The maximum Gasteiger partial charge on any atom is 0.265 e. The number of aromatic nitrogens is 1. The normalized spacial score (nSPS) is 16.4. The van der Waals surface area contributed by atoms with E-state index in [0.717, 1.165) is 60.1 Å². The molecular weight excluding hydrogens is 730 g/mol. The fraction of sp³-hybridized carbons (Fsp3) is 0.209. The third kappa shape index (κ3) is 6.93. The maximum atomic E-state index is 15.0. The molecule has 0 spiro atoms. The number of benzene rings is 5. The minimum atomic E-state index is -0.306. The Kier molecular flexibility index (Phi) is 9.51. The second kappa shape index (κ2) is 14.5. The third-order valence-electron chi connectivity index (χ3n) is 10.5. The van der Waals surface area contributed by atoms with Crippen molar-refractivity contribution in [3.63, 3.8) is 0 Å². The molecule has 9 nitrogen and oxygen atoms in total. The number of phenols is 2. The highest BCUT2D eigenvalue weighted by Crippen LogP contribution is 2.36. The summed E-state index contributed by atoms with van der Waals surface area (Å²) in [5.41, 5.74) is 5.96. The fourth-order valence-electron chi connectivity index (χ4n) is 7.61. The van der Waals surface area contributed by atoms with Crippen molar-refractivity contribution in [3.8, 4) is 17.2 Å². The lowest BCUT2D eigenvalue weighted by Crippen LogP contribution is -2.53. The topological polar surface area (TPSA) is 92.5 Å². The number of aromatic hydroxyl groups is 2. The highest BCUT2D eigenvalue weighted by Gasteiger charge is 2.34. The zero-order valence-corrected chi connectivity index (χ0v) is 31.0. The maximum absolute atomic E-state index is 15.0. The van der Waals surface area contributed by atoms with Crippen molar-refractivity contribution in [3.05, 3.63) is 148 Å². The number of nitrogens with zero attached hydrogens (tertiary/aromatic N) is 5. The Labute approximate surface area is 317 Å². The van der Waals surface area contributed by atoms with E-state index in [4.69, 9.17) is 0 Å². The summed E-state index contributed by atoms with van der Waals surface area (Å²) < 4.78 is 2.75. The van der Waals surface area contributed by atoms with Gasteiger partial charge >= 0.3 is 0 Å². The van der Waals surface area contributed by atoms with E-state index in [2.05, 4.69) is 51.0 Å².